The zero-order valence-electron chi connectivity index (χ0n) is 8.01. The van der Waals surface area contributed by atoms with E-state index in [2.05, 4.69) is 0 Å². The van der Waals surface area contributed by atoms with Crippen LogP contribution in [0.3, 0.4) is 0 Å². The van der Waals surface area contributed by atoms with E-state index >= 15 is 0 Å². The van der Waals surface area contributed by atoms with Crippen LogP contribution in [0.4, 0.5) is 5.69 Å². The highest BCUT2D eigenvalue weighted by Crippen LogP contribution is 2.29. The Morgan fingerprint density at radius 2 is 2.00 bits per heavy atom. The minimum absolute atomic E-state index is 0.120. The van der Waals surface area contributed by atoms with Crippen LogP contribution in [0.2, 0.25) is 0 Å². The van der Waals surface area contributed by atoms with E-state index in [0.29, 0.717) is 22.4 Å². The number of phenolic OH excluding ortho intramolecular Hbond substituents is 1. The van der Waals surface area contributed by atoms with Crippen molar-refractivity contribution in [3.8, 4) is 5.75 Å². The van der Waals surface area contributed by atoms with Crippen molar-refractivity contribution in [2.45, 2.75) is 20.8 Å². The lowest BCUT2D eigenvalue weighted by Gasteiger charge is -2.10. The number of anilines is 1. The summed E-state index contributed by atoms with van der Waals surface area (Å²) in [6, 6.07) is 1.61. The molecule has 1 aromatic rings. The fourth-order valence-electron chi connectivity index (χ4n) is 1.47. The molecule has 70 valence electrons. The summed E-state index contributed by atoms with van der Waals surface area (Å²) < 4.78 is 0. The Morgan fingerprint density at radius 1 is 1.46 bits per heavy atom. The Morgan fingerprint density at radius 3 is 2.46 bits per heavy atom. The first-order valence-corrected chi connectivity index (χ1v) is 4.04. The summed E-state index contributed by atoms with van der Waals surface area (Å²) in [5.74, 6) is 0.0321. The number of phenols is 1. The molecule has 0 amide bonds. The van der Waals surface area contributed by atoms with Gasteiger partial charge in [0.25, 0.3) is 0 Å². The van der Waals surface area contributed by atoms with E-state index in [1.807, 2.05) is 0 Å². The number of aromatic hydroxyl groups is 1. The second-order valence-corrected chi connectivity index (χ2v) is 3.19. The number of ketones is 1. The number of hydrogen-bond acceptors (Lipinski definition) is 3. The van der Waals surface area contributed by atoms with E-state index in [0.717, 1.165) is 0 Å². The number of Topliss-reactive ketones (excluding diaryl/α,β-unsaturated/α-hetero) is 1. The molecule has 0 atom stereocenters. The number of carbonyl (C=O) groups is 1. The first kappa shape index (κ1) is 9.58. The summed E-state index contributed by atoms with van der Waals surface area (Å²) in [6.45, 7) is 4.88. The fourth-order valence-corrected chi connectivity index (χ4v) is 1.47. The number of nitrogens with two attached hydrogens (primary N) is 1. The van der Waals surface area contributed by atoms with Crippen LogP contribution in [0.1, 0.15) is 28.4 Å². The number of hydrogen-bond donors (Lipinski definition) is 2. The van der Waals surface area contributed by atoms with Crippen molar-refractivity contribution in [1.29, 1.82) is 0 Å². The van der Waals surface area contributed by atoms with Crippen molar-refractivity contribution in [2.24, 2.45) is 0 Å². The summed E-state index contributed by atoms with van der Waals surface area (Å²) in [6.07, 6.45) is 0. The summed E-state index contributed by atoms with van der Waals surface area (Å²) in [7, 11) is 0. The van der Waals surface area contributed by atoms with Gasteiger partial charge in [0, 0.05) is 16.8 Å². The topological polar surface area (TPSA) is 63.3 Å². The molecule has 3 nitrogen and oxygen atoms in total. The van der Waals surface area contributed by atoms with E-state index in [-0.39, 0.29) is 11.5 Å². The van der Waals surface area contributed by atoms with Crippen molar-refractivity contribution < 1.29 is 9.90 Å². The first-order chi connectivity index (χ1) is 5.95. The van der Waals surface area contributed by atoms with E-state index < -0.39 is 0 Å². The zero-order valence-corrected chi connectivity index (χ0v) is 8.01. The van der Waals surface area contributed by atoms with Crippen LogP contribution < -0.4 is 5.73 Å². The molecule has 0 saturated heterocycles. The maximum atomic E-state index is 11.2. The third-order valence-corrected chi connectivity index (χ3v) is 2.12. The normalized spacial score (nSPS) is 10.1. The van der Waals surface area contributed by atoms with Crippen molar-refractivity contribution >= 4 is 11.5 Å². The van der Waals surface area contributed by atoms with Crippen LogP contribution in [0.25, 0.3) is 0 Å². The van der Waals surface area contributed by atoms with Gasteiger partial charge in [-0.3, -0.25) is 4.79 Å². The number of benzene rings is 1. The maximum Gasteiger partial charge on any atom is 0.162 e. The number of carbonyl (C=O) groups excluding carboxylic acids is 1. The maximum absolute atomic E-state index is 11.2. The van der Waals surface area contributed by atoms with Crippen LogP contribution >= 0.6 is 0 Å². The number of rotatable bonds is 1. The predicted octanol–water partition coefficient (Wildman–Crippen LogP) is 1.79. The molecule has 3 N–H and O–H groups in total. The standard InChI is InChI=1S/C10H13NO2/c1-5-4-8(11)9(7(3)12)6(2)10(5)13/h4,13H,11H2,1-3H3. The van der Waals surface area contributed by atoms with Crippen molar-refractivity contribution in [2.75, 3.05) is 5.73 Å². The average molecular weight is 179 g/mol. The third kappa shape index (κ3) is 1.49. The summed E-state index contributed by atoms with van der Waals surface area (Å²) in [5, 5.41) is 9.55. The molecular formula is C10H13NO2. The monoisotopic (exact) mass is 179 g/mol. The smallest absolute Gasteiger partial charge is 0.162 e. The van der Waals surface area contributed by atoms with Crippen LogP contribution in [0, 0.1) is 13.8 Å². The molecule has 0 spiro atoms. The van der Waals surface area contributed by atoms with E-state index in [9.17, 15) is 9.90 Å². The predicted molar refractivity (Wildman–Crippen MR) is 52.0 cm³/mol. The number of nitrogen functional groups attached to an aromatic ring is 1. The molecule has 13 heavy (non-hydrogen) atoms. The molecule has 0 bridgehead atoms. The molecule has 3 heteroatoms. The third-order valence-electron chi connectivity index (χ3n) is 2.12. The van der Waals surface area contributed by atoms with Gasteiger partial charge < -0.3 is 10.8 Å². The fraction of sp³-hybridized carbons (Fsp3) is 0.300. The van der Waals surface area contributed by atoms with Crippen molar-refractivity contribution in [1.82, 2.24) is 0 Å². The van der Waals surface area contributed by atoms with E-state index in [1.165, 1.54) is 6.92 Å². The average Bonchev–Trinajstić information content (AvgIpc) is 1.99. The summed E-state index contributed by atoms with van der Waals surface area (Å²) >= 11 is 0. The molecule has 0 aliphatic carbocycles. The molecule has 1 rings (SSSR count). The van der Waals surface area contributed by atoms with Gasteiger partial charge in [-0.15, -0.1) is 0 Å². The largest absolute Gasteiger partial charge is 0.507 e. The summed E-state index contributed by atoms with van der Waals surface area (Å²) in [4.78, 5) is 11.2. The second-order valence-electron chi connectivity index (χ2n) is 3.19. The van der Waals surface area contributed by atoms with Gasteiger partial charge in [0.15, 0.2) is 5.78 Å². The van der Waals surface area contributed by atoms with Crippen LogP contribution in [0.5, 0.6) is 5.75 Å². The highest BCUT2D eigenvalue weighted by atomic mass is 16.3. The lowest BCUT2D eigenvalue weighted by molar-refractivity contribution is 0.101. The second kappa shape index (κ2) is 3.09. The Balaban J connectivity index is 3.53. The van der Waals surface area contributed by atoms with Crippen LogP contribution in [0.15, 0.2) is 6.07 Å². The van der Waals surface area contributed by atoms with Crippen LogP contribution in [-0.4, -0.2) is 10.9 Å². The van der Waals surface area contributed by atoms with Crippen LogP contribution in [-0.2, 0) is 0 Å². The minimum Gasteiger partial charge on any atom is -0.507 e. The number of aryl methyl sites for hydroxylation is 1. The molecule has 0 aliphatic rings. The van der Waals surface area contributed by atoms with Gasteiger partial charge in [0.05, 0.1) is 0 Å². The highest BCUT2D eigenvalue weighted by Gasteiger charge is 2.13. The molecule has 0 aromatic heterocycles. The van der Waals surface area contributed by atoms with Gasteiger partial charge in [-0.2, -0.15) is 0 Å². The molecule has 0 radical (unpaired) electrons. The van der Waals surface area contributed by atoms with Gasteiger partial charge >= 0.3 is 0 Å². The van der Waals surface area contributed by atoms with Gasteiger partial charge in [-0.25, -0.2) is 0 Å². The molecule has 0 heterocycles. The van der Waals surface area contributed by atoms with Gasteiger partial charge in [0.1, 0.15) is 5.75 Å². The lowest BCUT2D eigenvalue weighted by atomic mass is 9.99. The SMILES string of the molecule is CC(=O)c1c(N)cc(C)c(O)c1C. The minimum atomic E-state index is -0.120. The molecule has 0 fully saturated rings. The van der Waals surface area contributed by atoms with Gasteiger partial charge in [0.2, 0.25) is 0 Å². The highest BCUT2D eigenvalue weighted by molar-refractivity contribution is 6.01. The first-order valence-electron chi connectivity index (χ1n) is 4.04. The molecular weight excluding hydrogens is 166 g/mol. The Kier molecular flexibility index (Phi) is 2.28. The van der Waals surface area contributed by atoms with Gasteiger partial charge in [-0.1, -0.05) is 0 Å². The van der Waals surface area contributed by atoms with E-state index in [1.54, 1.807) is 19.9 Å². The van der Waals surface area contributed by atoms with Crippen molar-refractivity contribution in [3.05, 3.63) is 22.8 Å². The summed E-state index contributed by atoms with van der Waals surface area (Å²) in [5.41, 5.74) is 7.77. The molecule has 0 aliphatic heterocycles. The lowest BCUT2D eigenvalue weighted by Crippen LogP contribution is -2.03. The molecule has 0 saturated carbocycles. The Hall–Kier alpha value is -1.51. The molecule has 1 aromatic carbocycles. The van der Waals surface area contributed by atoms with Gasteiger partial charge in [-0.05, 0) is 32.4 Å². The quantitative estimate of drug-likeness (QED) is 0.392. The Labute approximate surface area is 77.2 Å². The van der Waals surface area contributed by atoms with Crippen molar-refractivity contribution in [3.63, 3.8) is 0 Å². The Bertz CT molecular complexity index is 370. The molecule has 0 unspecified atom stereocenters. The zero-order chi connectivity index (χ0) is 10.2. The van der Waals surface area contributed by atoms with E-state index in [4.69, 9.17) is 5.73 Å².